The van der Waals surface area contributed by atoms with Crippen LogP contribution in [0.5, 0.6) is 0 Å². The summed E-state index contributed by atoms with van der Waals surface area (Å²) in [5.74, 6) is 0.203. The summed E-state index contributed by atoms with van der Waals surface area (Å²) >= 11 is 6.42. The van der Waals surface area contributed by atoms with Crippen molar-refractivity contribution in [2.24, 2.45) is 5.92 Å². The smallest absolute Gasteiger partial charge is 0.242 e. The largest absolute Gasteiger partial charge is 0.383 e. The van der Waals surface area contributed by atoms with Gasteiger partial charge in [-0.05, 0) is 49.4 Å². The van der Waals surface area contributed by atoms with Gasteiger partial charge in [0, 0.05) is 49.1 Å². The lowest BCUT2D eigenvalue weighted by Gasteiger charge is -2.37. The molecule has 4 rings (SSSR count). The number of ether oxygens (including phenoxy) is 1. The first kappa shape index (κ1) is 25.8. The normalized spacial score (nSPS) is 16.6. The Hall–Kier alpha value is -2.31. The van der Waals surface area contributed by atoms with Crippen LogP contribution < -0.4 is 0 Å². The Bertz CT molecular complexity index is 981. The molecule has 0 bridgehead atoms. The average molecular weight is 500 g/mol. The van der Waals surface area contributed by atoms with Gasteiger partial charge in [0.05, 0.1) is 19.7 Å². The number of methoxy groups -OCH3 is 1. The van der Waals surface area contributed by atoms with Gasteiger partial charge in [0.25, 0.3) is 0 Å². The Kier molecular flexibility index (Phi) is 9.27. The van der Waals surface area contributed by atoms with Gasteiger partial charge >= 0.3 is 0 Å². The number of halogens is 1. The lowest BCUT2D eigenvalue weighted by atomic mass is 9.84. The van der Waals surface area contributed by atoms with Gasteiger partial charge in [-0.1, -0.05) is 55.5 Å². The van der Waals surface area contributed by atoms with Crippen molar-refractivity contribution in [3.63, 3.8) is 0 Å². The summed E-state index contributed by atoms with van der Waals surface area (Å²) in [7, 11) is 1.63. The Balaban J connectivity index is 1.51. The molecule has 7 heteroatoms. The molecular formula is C28H38ClN3O3. The zero-order valence-corrected chi connectivity index (χ0v) is 21.6. The van der Waals surface area contributed by atoms with E-state index in [4.69, 9.17) is 16.3 Å². The van der Waals surface area contributed by atoms with Crippen LogP contribution in [-0.4, -0.2) is 59.0 Å². The highest BCUT2D eigenvalue weighted by Gasteiger charge is 2.33. The zero-order valence-electron chi connectivity index (χ0n) is 20.8. The highest BCUT2D eigenvalue weighted by atomic mass is 35.5. The molecule has 0 saturated heterocycles. The molecule has 2 fully saturated rings. The van der Waals surface area contributed by atoms with Crippen molar-refractivity contribution in [1.82, 2.24) is 14.4 Å². The number of amides is 2. The minimum atomic E-state index is 0.0335. The average Bonchev–Trinajstić information content (AvgIpc) is 3.27. The molecule has 0 unspecified atom stereocenters. The van der Waals surface area contributed by atoms with Crippen molar-refractivity contribution in [2.75, 3.05) is 26.8 Å². The Morgan fingerprint density at radius 1 is 1.03 bits per heavy atom. The van der Waals surface area contributed by atoms with Crippen LogP contribution in [0.3, 0.4) is 0 Å². The van der Waals surface area contributed by atoms with E-state index in [-0.39, 0.29) is 30.3 Å². The molecule has 0 radical (unpaired) electrons. The van der Waals surface area contributed by atoms with Gasteiger partial charge in [-0.25, -0.2) is 0 Å². The number of benzene rings is 1. The second kappa shape index (κ2) is 12.6. The Morgan fingerprint density at radius 3 is 2.49 bits per heavy atom. The van der Waals surface area contributed by atoms with Crippen molar-refractivity contribution in [3.05, 3.63) is 58.9 Å². The van der Waals surface area contributed by atoms with E-state index in [0.29, 0.717) is 26.2 Å². The molecule has 1 heterocycles. The van der Waals surface area contributed by atoms with Gasteiger partial charge in [-0.2, -0.15) is 0 Å². The van der Waals surface area contributed by atoms with Crippen LogP contribution >= 0.6 is 11.6 Å². The quantitative estimate of drug-likeness (QED) is 0.431. The molecule has 0 spiro atoms. The molecule has 0 atom stereocenters. The first-order valence-corrected chi connectivity index (χ1v) is 13.4. The van der Waals surface area contributed by atoms with E-state index < -0.39 is 0 Å². The highest BCUT2D eigenvalue weighted by molar-refractivity contribution is 6.31. The van der Waals surface area contributed by atoms with Crippen LogP contribution in [0.25, 0.3) is 0 Å². The van der Waals surface area contributed by atoms with Crippen molar-refractivity contribution in [3.8, 4) is 0 Å². The summed E-state index contributed by atoms with van der Waals surface area (Å²) in [5.41, 5.74) is 2.14. The summed E-state index contributed by atoms with van der Waals surface area (Å²) in [6.07, 6.45) is 10.6. The topological polar surface area (TPSA) is 54.8 Å². The molecule has 35 heavy (non-hydrogen) atoms. The molecule has 2 aliphatic carbocycles. The third-order valence-corrected chi connectivity index (χ3v) is 7.92. The molecule has 1 aromatic carbocycles. The van der Waals surface area contributed by atoms with Crippen molar-refractivity contribution in [2.45, 2.75) is 70.5 Å². The lowest BCUT2D eigenvalue weighted by molar-refractivity contribution is -0.147. The van der Waals surface area contributed by atoms with Gasteiger partial charge in [0.15, 0.2) is 0 Å². The van der Waals surface area contributed by atoms with Crippen LogP contribution in [0.2, 0.25) is 5.02 Å². The van der Waals surface area contributed by atoms with Gasteiger partial charge in [-0.3, -0.25) is 9.59 Å². The molecule has 2 aromatic rings. The molecule has 0 aliphatic heterocycles. The number of carbonyl (C=O) groups is 2. The predicted molar refractivity (Wildman–Crippen MR) is 138 cm³/mol. The van der Waals surface area contributed by atoms with E-state index in [1.54, 1.807) is 12.0 Å². The van der Waals surface area contributed by atoms with E-state index in [9.17, 15) is 9.59 Å². The zero-order chi connectivity index (χ0) is 24.6. The van der Waals surface area contributed by atoms with Crippen LogP contribution in [0, 0.1) is 5.92 Å². The summed E-state index contributed by atoms with van der Waals surface area (Å²) in [6.45, 7) is 2.22. The van der Waals surface area contributed by atoms with Crippen LogP contribution in [0.1, 0.15) is 62.6 Å². The van der Waals surface area contributed by atoms with Crippen LogP contribution in [0.4, 0.5) is 0 Å². The van der Waals surface area contributed by atoms with E-state index >= 15 is 0 Å². The number of hydrogen-bond donors (Lipinski definition) is 0. The van der Waals surface area contributed by atoms with Crippen LogP contribution in [0.15, 0.2) is 42.6 Å². The summed E-state index contributed by atoms with van der Waals surface area (Å²) < 4.78 is 7.42. The van der Waals surface area contributed by atoms with Crippen molar-refractivity contribution >= 4 is 23.4 Å². The molecule has 1 aromatic heterocycles. The number of aromatic nitrogens is 1. The molecule has 190 valence electrons. The summed E-state index contributed by atoms with van der Waals surface area (Å²) in [4.78, 5) is 30.6. The SMILES string of the molecule is COCCN(CC(=O)N(Cc1cccn1Cc1ccccc1Cl)C1CCCCC1)C(=O)C1CCC1. The standard InChI is InChI=1S/C28H38ClN3O3/c1-35-18-17-31(28(34)22-10-7-11-22)21-27(33)32(24-12-3-2-4-13-24)20-25-14-8-16-30(25)19-23-9-5-6-15-26(23)29/h5-6,8-9,14-16,22,24H,2-4,7,10-13,17-21H2,1H3. The minimum Gasteiger partial charge on any atom is -0.383 e. The maximum atomic E-state index is 13.8. The fourth-order valence-corrected chi connectivity index (χ4v) is 5.38. The molecule has 2 aliphatic rings. The fourth-order valence-electron chi connectivity index (χ4n) is 5.18. The minimum absolute atomic E-state index is 0.0335. The second-order valence-electron chi connectivity index (χ2n) is 9.91. The maximum absolute atomic E-state index is 13.8. The second-order valence-corrected chi connectivity index (χ2v) is 10.3. The molecule has 2 saturated carbocycles. The predicted octanol–water partition coefficient (Wildman–Crippen LogP) is 5.13. The van der Waals surface area contributed by atoms with Crippen molar-refractivity contribution in [1.29, 1.82) is 0 Å². The van der Waals surface area contributed by atoms with E-state index in [1.807, 2.05) is 41.4 Å². The first-order chi connectivity index (χ1) is 17.1. The number of rotatable bonds is 11. The Morgan fingerprint density at radius 2 is 1.80 bits per heavy atom. The Labute approximate surface area is 214 Å². The molecular weight excluding hydrogens is 462 g/mol. The van der Waals surface area contributed by atoms with Crippen LogP contribution in [-0.2, 0) is 27.4 Å². The fraction of sp³-hybridized carbons (Fsp3) is 0.571. The number of nitrogens with zero attached hydrogens (tertiary/aromatic N) is 3. The molecule has 0 N–H and O–H groups in total. The van der Waals surface area contributed by atoms with Gasteiger partial charge in [-0.15, -0.1) is 0 Å². The van der Waals surface area contributed by atoms with Gasteiger partial charge < -0.3 is 19.1 Å². The van der Waals surface area contributed by atoms with Gasteiger partial charge in [0.2, 0.25) is 11.8 Å². The third-order valence-electron chi connectivity index (χ3n) is 7.55. The molecule has 6 nitrogen and oxygen atoms in total. The molecule has 2 amide bonds. The first-order valence-electron chi connectivity index (χ1n) is 13.0. The highest BCUT2D eigenvalue weighted by Crippen LogP contribution is 2.29. The van der Waals surface area contributed by atoms with E-state index in [1.165, 1.54) is 6.42 Å². The maximum Gasteiger partial charge on any atom is 0.242 e. The monoisotopic (exact) mass is 499 g/mol. The lowest BCUT2D eigenvalue weighted by Crippen LogP contribution is -2.50. The summed E-state index contributed by atoms with van der Waals surface area (Å²) in [6, 6.07) is 12.2. The van der Waals surface area contributed by atoms with Crippen molar-refractivity contribution < 1.29 is 14.3 Å². The third kappa shape index (κ3) is 6.68. The van der Waals surface area contributed by atoms with Gasteiger partial charge in [0.1, 0.15) is 0 Å². The number of hydrogen-bond acceptors (Lipinski definition) is 3. The van der Waals surface area contributed by atoms with E-state index in [0.717, 1.165) is 61.2 Å². The van der Waals surface area contributed by atoms with E-state index in [2.05, 4.69) is 10.6 Å². The number of carbonyl (C=O) groups excluding carboxylic acids is 2. The summed E-state index contributed by atoms with van der Waals surface area (Å²) in [5, 5.41) is 0.746.